The zero-order valence-electron chi connectivity index (χ0n) is 15.1. The van der Waals surface area contributed by atoms with Crippen molar-refractivity contribution in [2.45, 2.75) is 20.5 Å². The average Bonchev–Trinajstić information content (AvgIpc) is 3.13. The molecule has 0 aliphatic rings. The van der Waals surface area contributed by atoms with Gasteiger partial charge in [0.2, 0.25) is 5.91 Å². The van der Waals surface area contributed by atoms with Crippen LogP contribution in [-0.4, -0.2) is 28.4 Å². The van der Waals surface area contributed by atoms with E-state index in [0.29, 0.717) is 23.1 Å². The molecule has 3 rings (SSSR count). The van der Waals surface area contributed by atoms with Crippen LogP contribution in [0.5, 0.6) is 0 Å². The van der Waals surface area contributed by atoms with Crippen LogP contribution in [0.4, 0.5) is 5.13 Å². The number of nitrogens with zero attached hydrogens (tertiary/aromatic N) is 3. The standard InChI is InChI=1S/C20H19N3O3S/c1-3-23(14(2)24)20-22-17(13-27-20)12-26-19(25)11-10-16-9-8-15-6-4-5-7-18(15)21-16/h4-11,13H,3,12H2,1-2H3/b11-10+. The van der Waals surface area contributed by atoms with Crippen molar-refractivity contribution in [3.8, 4) is 0 Å². The van der Waals surface area contributed by atoms with Gasteiger partial charge in [0.15, 0.2) is 5.13 Å². The molecule has 0 saturated heterocycles. The molecule has 0 aliphatic carbocycles. The van der Waals surface area contributed by atoms with Crippen LogP contribution in [0.2, 0.25) is 0 Å². The molecular weight excluding hydrogens is 362 g/mol. The van der Waals surface area contributed by atoms with Gasteiger partial charge in [0, 0.05) is 30.3 Å². The Bertz CT molecular complexity index is 997. The molecule has 0 N–H and O–H groups in total. The van der Waals surface area contributed by atoms with Gasteiger partial charge < -0.3 is 4.74 Å². The Morgan fingerprint density at radius 3 is 2.78 bits per heavy atom. The van der Waals surface area contributed by atoms with Gasteiger partial charge in [-0.15, -0.1) is 11.3 Å². The first-order valence-corrected chi connectivity index (χ1v) is 9.38. The van der Waals surface area contributed by atoms with Crippen LogP contribution in [0.3, 0.4) is 0 Å². The number of anilines is 1. The summed E-state index contributed by atoms with van der Waals surface area (Å²) in [6, 6.07) is 11.6. The van der Waals surface area contributed by atoms with Crippen molar-refractivity contribution in [2.24, 2.45) is 0 Å². The Morgan fingerprint density at radius 1 is 1.19 bits per heavy atom. The van der Waals surface area contributed by atoms with Crippen molar-refractivity contribution < 1.29 is 14.3 Å². The molecule has 0 radical (unpaired) electrons. The van der Waals surface area contributed by atoms with E-state index in [-0.39, 0.29) is 12.5 Å². The molecule has 0 saturated carbocycles. The summed E-state index contributed by atoms with van der Waals surface area (Å²) in [5, 5.41) is 3.43. The second-order valence-electron chi connectivity index (χ2n) is 5.75. The fourth-order valence-electron chi connectivity index (χ4n) is 2.50. The van der Waals surface area contributed by atoms with Gasteiger partial charge in [-0.25, -0.2) is 14.8 Å². The maximum atomic E-state index is 11.9. The zero-order chi connectivity index (χ0) is 19.2. The predicted molar refractivity (Wildman–Crippen MR) is 106 cm³/mol. The maximum Gasteiger partial charge on any atom is 0.331 e. The molecule has 138 valence electrons. The molecule has 7 heteroatoms. The van der Waals surface area contributed by atoms with Crippen LogP contribution in [0, 0.1) is 0 Å². The number of esters is 1. The third-order valence-electron chi connectivity index (χ3n) is 3.84. The molecule has 0 atom stereocenters. The molecule has 1 amide bonds. The van der Waals surface area contributed by atoms with E-state index in [0.717, 1.165) is 10.9 Å². The van der Waals surface area contributed by atoms with Gasteiger partial charge >= 0.3 is 5.97 Å². The highest BCUT2D eigenvalue weighted by molar-refractivity contribution is 7.14. The summed E-state index contributed by atoms with van der Waals surface area (Å²) in [4.78, 5) is 33.9. The van der Waals surface area contributed by atoms with E-state index in [2.05, 4.69) is 9.97 Å². The first-order valence-electron chi connectivity index (χ1n) is 8.50. The molecule has 0 aliphatic heterocycles. The fraction of sp³-hybridized carbons (Fsp3) is 0.200. The molecule has 27 heavy (non-hydrogen) atoms. The van der Waals surface area contributed by atoms with E-state index in [9.17, 15) is 9.59 Å². The lowest BCUT2D eigenvalue weighted by Gasteiger charge is -2.14. The summed E-state index contributed by atoms with van der Waals surface area (Å²) in [6.07, 6.45) is 2.97. The smallest absolute Gasteiger partial charge is 0.331 e. The van der Waals surface area contributed by atoms with Crippen molar-refractivity contribution in [2.75, 3.05) is 11.4 Å². The Labute approximate surface area is 161 Å². The Hall–Kier alpha value is -3.06. The van der Waals surface area contributed by atoms with Crippen LogP contribution in [-0.2, 0) is 20.9 Å². The quantitative estimate of drug-likeness (QED) is 0.479. The lowest BCUT2D eigenvalue weighted by molar-refractivity contribution is -0.139. The van der Waals surface area contributed by atoms with E-state index < -0.39 is 5.97 Å². The summed E-state index contributed by atoms with van der Waals surface area (Å²) >= 11 is 1.35. The van der Waals surface area contributed by atoms with Gasteiger partial charge in [-0.2, -0.15) is 0 Å². The van der Waals surface area contributed by atoms with Gasteiger partial charge in [0.05, 0.1) is 16.9 Å². The molecule has 2 heterocycles. The number of hydrogen-bond acceptors (Lipinski definition) is 6. The first-order chi connectivity index (χ1) is 13.1. The van der Waals surface area contributed by atoms with Crippen molar-refractivity contribution in [3.63, 3.8) is 0 Å². The van der Waals surface area contributed by atoms with E-state index in [1.54, 1.807) is 16.4 Å². The number of carbonyl (C=O) groups excluding carboxylic acids is 2. The molecule has 0 spiro atoms. The molecule has 0 fully saturated rings. The average molecular weight is 381 g/mol. The summed E-state index contributed by atoms with van der Waals surface area (Å²) in [5.41, 5.74) is 2.16. The number of benzene rings is 1. The van der Waals surface area contributed by atoms with Gasteiger partial charge in [-0.05, 0) is 25.1 Å². The lowest BCUT2D eigenvalue weighted by atomic mass is 10.2. The Morgan fingerprint density at radius 2 is 2.00 bits per heavy atom. The molecule has 2 aromatic heterocycles. The van der Waals surface area contributed by atoms with Crippen LogP contribution in [0.1, 0.15) is 25.2 Å². The topological polar surface area (TPSA) is 72.4 Å². The van der Waals surface area contributed by atoms with Gasteiger partial charge in [0.25, 0.3) is 0 Å². The van der Waals surface area contributed by atoms with Crippen LogP contribution < -0.4 is 4.90 Å². The number of ether oxygens (including phenoxy) is 1. The third-order valence-corrected chi connectivity index (χ3v) is 4.75. The second-order valence-corrected chi connectivity index (χ2v) is 6.59. The molecular formula is C20H19N3O3S. The van der Waals surface area contributed by atoms with E-state index in [1.807, 2.05) is 43.3 Å². The minimum atomic E-state index is -0.474. The summed E-state index contributed by atoms with van der Waals surface area (Å²) < 4.78 is 5.21. The van der Waals surface area contributed by atoms with Gasteiger partial charge in [-0.3, -0.25) is 9.69 Å². The Kier molecular flexibility index (Phi) is 5.93. The van der Waals surface area contributed by atoms with Crippen molar-refractivity contribution >= 4 is 45.3 Å². The number of aromatic nitrogens is 2. The molecule has 6 nitrogen and oxygen atoms in total. The fourth-order valence-corrected chi connectivity index (χ4v) is 3.42. The van der Waals surface area contributed by atoms with Crippen LogP contribution >= 0.6 is 11.3 Å². The van der Waals surface area contributed by atoms with E-state index >= 15 is 0 Å². The maximum absolute atomic E-state index is 11.9. The minimum Gasteiger partial charge on any atom is -0.456 e. The number of rotatable bonds is 6. The SMILES string of the molecule is CCN(C(C)=O)c1nc(COC(=O)/C=C/c2ccc3ccccc3n2)cs1. The van der Waals surface area contributed by atoms with Crippen LogP contribution in [0.25, 0.3) is 17.0 Å². The number of pyridine rings is 1. The van der Waals surface area contributed by atoms with E-state index in [4.69, 9.17) is 4.74 Å². The third kappa shape index (κ3) is 4.77. The summed E-state index contributed by atoms with van der Waals surface area (Å²) in [5.74, 6) is -0.542. The number of thiazole rings is 1. The number of fused-ring (bicyclic) bond motifs is 1. The molecule has 1 aromatic carbocycles. The van der Waals surface area contributed by atoms with Gasteiger partial charge in [-0.1, -0.05) is 24.3 Å². The largest absolute Gasteiger partial charge is 0.456 e. The minimum absolute atomic E-state index is 0.0558. The molecule has 0 unspecified atom stereocenters. The second kappa shape index (κ2) is 8.55. The van der Waals surface area contributed by atoms with Crippen molar-refractivity contribution in [1.29, 1.82) is 0 Å². The number of carbonyl (C=O) groups is 2. The normalized spacial score (nSPS) is 11.0. The van der Waals surface area contributed by atoms with E-state index in [1.165, 1.54) is 24.3 Å². The molecule has 0 bridgehead atoms. The van der Waals surface area contributed by atoms with Gasteiger partial charge in [0.1, 0.15) is 6.61 Å². The number of amides is 1. The lowest BCUT2D eigenvalue weighted by Crippen LogP contribution is -2.27. The number of hydrogen-bond donors (Lipinski definition) is 0. The Balaban J connectivity index is 1.58. The number of para-hydroxylation sites is 1. The highest BCUT2D eigenvalue weighted by Gasteiger charge is 2.13. The highest BCUT2D eigenvalue weighted by Crippen LogP contribution is 2.21. The monoisotopic (exact) mass is 381 g/mol. The summed E-state index contributed by atoms with van der Waals surface area (Å²) in [6.45, 7) is 3.98. The first kappa shape index (κ1) is 18.7. The summed E-state index contributed by atoms with van der Waals surface area (Å²) in [7, 11) is 0. The zero-order valence-corrected chi connectivity index (χ0v) is 15.9. The van der Waals surface area contributed by atoms with Crippen molar-refractivity contribution in [3.05, 3.63) is 59.2 Å². The highest BCUT2D eigenvalue weighted by atomic mass is 32.1. The van der Waals surface area contributed by atoms with Crippen LogP contribution in [0.15, 0.2) is 47.9 Å². The predicted octanol–water partition coefficient (Wildman–Crippen LogP) is 3.82. The molecule has 3 aromatic rings. The van der Waals surface area contributed by atoms with Crippen molar-refractivity contribution in [1.82, 2.24) is 9.97 Å².